The lowest BCUT2D eigenvalue weighted by atomic mass is 10.0. The minimum atomic E-state index is -0.206. The van der Waals surface area contributed by atoms with Gasteiger partial charge in [0, 0.05) is 17.3 Å². The van der Waals surface area contributed by atoms with Crippen molar-refractivity contribution in [3.63, 3.8) is 0 Å². The number of amides is 1. The van der Waals surface area contributed by atoms with Gasteiger partial charge in [0.1, 0.15) is 0 Å². The number of carbonyl (C=O) groups excluding carboxylic acids is 1. The van der Waals surface area contributed by atoms with E-state index in [-0.39, 0.29) is 17.4 Å². The number of alkyl halides is 1. The normalized spacial score (nSPS) is 22.6. The molecule has 2 nitrogen and oxygen atoms in total. The number of benzene rings is 1. The van der Waals surface area contributed by atoms with Crippen LogP contribution in [0.4, 0.5) is 0 Å². The molecule has 1 aromatic carbocycles. The van der Waals surface area contributed by atoms with Gasteiger partial charge in [0.05, 0.1) is 0 Å². The molecular weight excluding hydrogens is 246 g/mol. The minimum Gasteiger partial charge on any atom is -0.351 e. The molecule has 98 valence electrons. The van der Waals surface area contributed by atoms with E-state index in [0.717, 1.165) is 12.8 Å². The summed E-state index contributed by atoms with van der Waals surface area (Å²) in [5, 5.41) is 3.10. The highest BCUT2D eigenvalue weighted by Crippen LogP contribution is 2.47. The lowest BCUT2D eigenvalue weighted by Gasteiger charge is -2.25. The van der Waals surface area contributed by atoms with Gasteiger partial charge in [0.25, 0.3) is 0 Å². The highest BCUT2D eigenvalue weighted by atomic mass is 35.5. The fourth-order valence-electron chi connectivity index (χ4n) is 2.28. The molecule has 0 aromatic heterocycles. The molecule has 18 heavy (non-hydrogen) atoms. The van der Waals surface area contributed by atoms with E-state index < -0.39 is 0 Å². The Morgan fingerprint density at radius 2 is 2.06 bits per heavy atom. The molecule has 1 aromatic rings. The minimum absolute atomic E-state index is 0.141. The smallest absolute Gasteiger partial charge is 0.224 e. The summed E-state index contributed by atoms with van der Waals surface area (Å²) >= 11 is 5.74. The molecule has 1 aliphatic rings. The molecule has 0 saturated heterocycles. The van der Waals surface area contributed by atoms with Crippen LogP contribution >= 0.6 is 11.6 Å². The first-order valence-corrected chi connectivity index (χ1v) is 7.00. The third-order valence-corrected chi connectivity index (χ3v) is 3.72. The van der Waals surface area contributed by atoms with Crippen LogP contribution < -0.4 is 5.32 Å². The highest BCUT2D eigenvalue weighted by Gasteiger charge is 2.44. The van der Waals surface area contributed by atoms with Crippen LogP contribution in [-0.4, -0.2) is 17.3 Å². The van der Waals surface area contributed by atoms with Crippen molar-refractivity contribution < 1.29 is 4.79 Å². The van der Waals surface area contributed by atoms with E-state index >= 15 is 0 Å². The van der Waals surface area contributed by atoms with Gasteiger partial charge < -0.3 is 5.32 Å². The maximum absolute atomic E-state index is 12.1. The third kappa shape index (κ3) is 3.26. The van der Waals surface area contributed by atoms with Crippen molar-refractivity contribution in [3.8, 4) is 0 Å². The zero-order valence-corrected chi connectivity index (χ0v) is 11.7. The van der Waals surface area contributed by atoms with Crippen LogP contribution in [-0.2, 0) is 4.79 Å². The molecule has 0 spiro atoms. The van der Waals surface area contributed by atoms with E-state index in [2.05, 4.69) is 17.4 Å². The van der Waals surface area contributed by atoms with E-state index in [1.807, 2.05) is 32.0 Å². The maximum atomic E-state index is 12.1. The van der Waals surface area contributed by atoms with Crippen molar-refractivity contribution in [1.29, 1.82) is 0 Å². The lowest BCUT2D eigenvalue weighted by molar-refractivity contribution is -0.124. The average Bonchev–Trinajstić information content (AvgIpc) is 3.09. The van der Waals surface area contributed by atoms with Gasteiger partial charge in [-0.2, -0.15) is 0 Å². The van der Waals surface area contributed by atoms with Gasteiger partial charge in [-0.05, 0) is 38.2 Å². The molecule has 0 radical (unpaired) electrons. The summed E-state index contributed by atoms with van der Waals surface area (Å²) in [6.07, 6.45) is 1.76. The summed E-state index contributed by atoms with van der Waals surface area (Å²) in [4.78, 5) is 12.1. The Bertz CT molecular complexity index is 416. The number of carbonyl (C=O) groups is 1. The fraction of sp³-hybridized carbons (Fsp3) is 0.533. The van der Waals surface area contributed by atoms with Gasteiger partial charge >= 0.3 is 0 Å². The van der Waals surface area contributed by atoms with Crippen LogP contribution in [0.25, 0.3) is 0 Å². The van der Waals surface area contributed by atoms with Crippen LogP contribution in [0.15, 0.2) is 30.3 Å². The predicted molar refractivity (Wildman–Crippen MR) is 74.8 cm³/mol. The second kappa shape index (κ2) is 5.31. The summed E-state index contributed by atoms with van der Waals surface area (Å²) < 4.78 is 0. The van der Waals surface area contributed by atoms with E-state index in [4.69, 9.17) is 11.6 Å². The van der Waals surface area contributed by atoms with Gasteiger partial charge in [0.15, 0.2) is 0 Å². The number of nitrogens with one attached hydrogen (secondary N) is 1. The highest BCUT2D eigenvalue weighted by molar-refractivity contribution is 6.17. The molecule has 1 amide bonds. The van der Waals surface area contributed by atoms with Crippen molar-refractivity contribution in [1.82, 2.24) is 5.32 Å². The van der Waals surface area contributed by atoms with Crippen molar-refractivity contribution in [2.24, 2.45) is 5.92 Å². The summed E-state index contributed by atoms with van der Waals surface area (Å²) in [6.45, 7) is 4.04. The Labute approximate surface area is 114 Å². The summed E-state index contributed by atoms with van der Waals surface area (Å²) in [5.74, 6) is 1.28. The van der Waals surface area contributed by atoms with Gasteiger partial charge in [0.2, 0.25) is 5.91 Å². The standard InChI is InChI=1S/C15H20ClNO/c1-15(2,8-9-16)17-14(18)13-10-12(13)11-6-4-3-5-7-11/h3-7,12-13H,8-10H2,1-2H3,(H,17,18). The number of hydrogen-bond donors (Lipinski definition) is 1. The molecule has 0 aliphatic heterocycles. The zero-order valence-electron chi connectivity index (χ0n) is 10.9. The molecule has 2 rings (SSSR count). The number of rotatable bonds is 5. The number of hydrogen-bond acceptors (Lipinski definition) is 1. The van der Waals surface area contributed by atoms with E-state index in [9.17, 15) is 4.79 Å². The fourth-order valence-corrected chi connectivity index (χ4v) is 2.75. The molecule has 3 heteroatoms. The van der Waals surface area contributed by atoms with Crippen molar-refractivity contribution in [3.05, 3.63) is 35.9 Å². The van der Waals surface area contributed by atoms with Gasteiger partial charge in [-0.25, -0.2) is 0 Å². The van der Waals surface area contributed by atoms with Crippen LogP contribution in [0.1, 0.15) is 38.2 Å². The predicted octanol–water partition coefficient (Wildman–Crippen LogP) is 3.31. The summed E-state index contributed by atoms with van der Waals surface area (Å²) in [5.41, 5.74) is 1.07. The van der Waals surface area contributed by atoms with E-state index in [0.29, 0.717) is 11.8 Å². The first kappa shape index (κ1) is 13.4. The molecule has 1 saturated carbocycles. The molecule has 1 aliphatic carbocycles. The molecule has 1 N–H and O–H groups in total. The molecule has 2 atom stereocenters. The molecular formula is C15H20ClNO. The first-order valence-electron chi connectivity index (χ1n) is 6.46. The zero-order chi connectivity index (χ0) is 13.2. The Kier molecular flexibility index (Phi) is 3.96. The average molecular weight is 266 g/mol. The second-order valence-corrected chi connectivity index (χ2v) is 6.05. The quantitative estimate of drug-likeness (QED) is 0.813. The van der Waals surface area contributed by atoms with Crippen molar-refractivity contribution >= 4 is 17.5 Å². The van der Waals surface area contributed by atoms with Crippen molar-refractivity contribution in [2.75, 3.05) is 5.88 Å². The number of halogens is 1. The topological polar surface area (TPSA) is 29.1 Å². The Morgan fingerprint density at radius 3 is 2.67 bits per heavy atom. The van der Waals surface area contributed by atoms with Crippen LogP contribution in [0.3, 0.4) is 0 Å². The van der Waals surface area contributed by atoms with Crippen molar-refractivity contribution in [2.45, 2.75) is 38.1 Å². The SMILES string of the molecule is CC(C)(CCCl)NC(=O)C1CC1c1ccccc1. The van der Waals surface area contributed by atoms with E-state index in [1.54, 1.807) is 0 Å². The van der Waals surface area contributed by atoms with Crippen LogP contribution in [0.2, 0.25) is 0 Å². The Balaban J connectivity index is 1.90. The monoisotopic (exact) mass is 265 g/mol. The maximum Gasteiger partial charge on any atom is 0.224 e. The Hall–Kier alpha value is -1.02. The summed E-state index contributed by atoms with van der Waals surface area (Å²) in [7, 11) is 0. The van der Waals surface area contributed by atoms with Gasteiger partial charge in [-0.1, -0.05) is 30.3 Å². The first-order chi connectivity index (χ1) is 8.53. The van der Waals surface area contributed by atoms with E-state index in [1.165, 1.54) is 5.56 Å². The lowest BCUT2D eigenvalue weighted by Crippen LogP contribution is -2.44. The van der Waals surface area contributed by atoms with Gasteiger partial charge in [-0.15, -0.1) is 11.6 Å². The van der Waals surface area contributed by atoms with Crippen LogP contribution in [0.5, 0.6) is 0 Å². The second-order valence-electron chi connectivity index (χ2n) is 5.67. The summed E-state index contributed by atoms with van der Waals surface area (Å²) in [6, 6.07) is 10.3. The molecule has 0 bridgehead atoms. The molecule has 0 heterocycles. The molecule has 2 unspecified atom stereocenters. The van der Waals surface area contributed by atoms with Crippen LogP contribution in [0, 0.1) is 5.92 Å². The Morgan fingerprint density at radius 1 is 1.39 bits per heavy atom. The van der Waals surface area contributed by atoms with Gasteiger partial charge in [-0.3, -0.25) is 4.79 Å². The third-order valence-electron chi connectivity index (χ3n) is 3.54. The largest absolute Gasteiger partial charge is 0.351 e. The molecule has 1 fully saturated rings.